The molecular weight excluding hydrogens is 898 g/mol. The van der Waals surface area contributed by atoms with Gasteiger partial charge in [0.2, 0.25) is 0 Å². The summed E-state index contributed by atoms with van der Waals surface area (Å²) in [6, 6.07) is 30.2. The second kappa shape index (κ2) is 19.2. The summed E-state index contributed by atoms with van der Waals surface area (Å²) in [4.78, 5) is 0. The van der Waals surface area contributed by atoms with Crippen LogP contribution in [0.1, 0.15) is 29.2 Å². The topological polar surface area (TPSA) is 0 Å². The monoisotopic (exact) mass is 930 g/mol. The molecular formula is C46H32F12FeP2. The van der Waals surface area contributed by atoms with Crippen molar-refractivity contribution in [1.29, 1.82) is 0 Å². The van der Waals surface area contributed by atoms with Crippen molar-refractivity contribution < 1.29 is 69.8 Å². The number of halogens is 12. The third-order valence-electron chi connectivity index (χ3n) is 9.41. The van der Waals surface area contributed by atoms with Gasteiger partial charge < -0.3 is 0 Å². The van der Waals surface area contributed by atoms with Crippen LogP contribution >= 0.6 is 15.8 Å². The number of hydrogen-bond acceptors (Lipinski definition) is 0. The fraction of sp³-hybridized carbons (Fsp3) is 0.130. The van der Waals surface area contributed by atoms with Gasteiger partial charge in [-0.25, -0.2) is 12.1 Å². The molecule has 0 unspecified atom stereocenters. The smallest absolute Gasteiger partial charge is 0.214 e. The molecule has 0 amide bonds. The average molecular weight is 931 g/mol. The van der Waals surface area contributed by atoms with E-state index in [1.165, 1.54) is 13.0 Å². The van der Waals surface area contributed by atoms with Crippen LogP contribution in [0.5, 0.6) is 0 Å². The molecule has 1 atom stereocenters. The number of benzene rings is 4. The first-order chi connectivity index (χ1) is 28.2. The number of alkyl halides is 12. The molecule has 15 heteroatoms. The molecule has 5 aromatic rings. The van der Waals surface area contributed by atoms with Crippen molar-refractivity contribution in [3.63, 3.8) is 0 Å². The fourth-order valence-corrected chi connectivity index (χ4v) is 12.0. The Kier molecular flexibility index (Phi) is 14.9. The van der Waals surface area contributed by atoms with Crippen LogP contribution in [0.4, 0.5) is 52.7 Å². The van der Waals surface area contributed by atoms with E-state index >= 15 is 0 Å². The molecule has 0 aliphatic heterocycles. The second-order valence-electron chi connectivity index (χ2n) is 13.5. The summed E-state index contributed by atoms with van der Waals surface area (Å²) in [6.45, 7) is 1.39. The van der Waals surface area contributed by atoms with E-state index in [1.54, 1.807) is 24.3 Å². The Morgan fingerprint density at radius 2 is 0.934 bits per heavy atom. The van der Waals surface area contributed by atoms with Crippen LogP contribution in [0, 0.1) is 5.66 Å². The molecule has 318 valence electrons. The first-order valence-corrected chi connectivity index (χ1v) is 20.8. The quantitative estimate of drug-likeness (QED) is 0.0660. The van der Waals surface area contributed by atoms with Crippen LogP contribution in [0.15, 0.2) is 187 Å². The van der Waals surface area contributed by atoms with Crippen LogP contribution in [-0.4, -0.2) is 5.66 Å². The molecule has 0 fully saturated rings. The molecule has 0 bridgehead atoms. The van der Waals surface area contributed by atoms with E-state index in [1.807, 2.05) is 103 Å². The van der Waals surface area contributed by atoms with Crippen LogP contribution in [-0.2, 0) is 41.8 Å². The van der Waals surface area contributed by atoms with E-state index in [0.717, 1.165) is 16.3 Å². The molecule has 0 aromatic heterocycles. The SMILES string of the molecule is C[C@@H](C1=CC=C/C1=C1\C=CC=C[C-]1P(c1ccccc1)c1ccccc1)P(c1cc(C(F)(F)F)cc(C(F)(F)F)c1)c1cc(C(F)(F)F)cc(C(F)(F)F)c1.[Fe+2].c1cc[cH-]c1. The summed E-state index contributed by atoms with van der Waals surface area (Å²) in [5.41, 5.74) is -5.96. The van der Waals surface area contributed by atoms with Gasteiger partial charge in [0, 0.05) is 5.66 Å². The van der Waals surface area contributed by atoms with Crippen molar-refractivity contribution in [3.8, 4) is 0 Å². The molecule has 2 aliphatic rings. The number of hydrogen-bond donors (Lipinski definition) is 0. The summed E-state index contributed by atoms with van der Waals surface area (Å²) in [5, 5.41) is 0.500. The molecule has 0 heterocycles. The zero-order chi connectivity index (χ0) is 43.5. The Morgan fingerprint density at radius 3 is 1.31 bits per heavy atom. The third-order valence-corrected chi connectivity index (χ3v) is 14.6. The van der Waals surface area contributed by atoms with Gasteiger partial charge >= 0.3 is 41.8 Å². The van der Waals surface area contributed by atoms with E-state index in [4.69, 9.17) is 0 Å². The maximum Gasteiger partial charge on any atom is 2.00 e. The van der Waals surface area contributed by atoms with Crippen molar-refractivity contribution >= 4 is 37.1 Å². The van der Waals surface area contributed by atoms with Gasteiger partial charge in [0.1, 0.15) is 0 Å². The Balaban J connectivity index is 0.00000109. The third kappa shape index (κ3) is 11.4. The minimum absolute atomic E-state index is 0. The average Bonchev–Trinajstić information content (AvgIpc) is 3.95. The molecule has 0 saturated carbocycles. The minimum Gasteiger partial charge on any atom is -0.214 e. The molecule has 7 rings (SSSR count). The van der Waals surface area contributed by atoms with Crippen LogP contribution in [0.3, 0.4) is 0 Å². The summed E-state index contributed by atoms with van der Waals surface area (Å²) in [6.07, 6.45) is -9.33. The van der Waals surface area contributed by atoms with Gasteiger partial charge in [-0.2, -0.15) is 70.9 Å². The largest absolute Gasteiger partial charge is 2.00 e. The van der Waals surface area contributed by atoms with Crippen LogP contribution in [0.25, 0.3) is 0 Å². The number of rotatable bonds is 7. The predicted molar refractivity (Wildman–Crippen MR) is 215 cm³/mol. The molecule has 0 nitrogen and oxygen atoms in total. The Labute approximate surface area is 357 Å². The van der Waals surface area contributed by atoms with E-state index in [0.29, 0.717) is 41.0 Å². The zero-order valence-electron chi connectivity index (χ0n) is 31.5. The standard InChI is InChI=1S/C41H27F12P2.C5H5.Fe/c1-25(34-16-10-17-35(34)36-15-8-9-18-37(36)55(30-11-4-2-5-12-30)31-13-6-3-7-14-31)54(32-21-26(38(42,43)44)19-27(22-32)39(45,46)47)33-23-28(40(48,49)50)20-29(24-33)41(51,52)53;1-2-4-5-3-1;/h2-25H,1H3;1-5H;/q2*-1;+2/b36-35-;;/t25-;;/m0../s1. The van der Waals surface area contributed by atoms with Crippen molar-refractivity contribution in [3.05, 3.63) is 215 Å². The zero-order valence-corrected chi connectivity index (χ0v) is 34.4. The van der Waals surface area contributed by atoms with Gasteiger partial charge in [-0.1, -0.05) is 111 Å². The van der Waals surface area contributed by atoms with Crippen molar-refractivity contribution in [2.75, 3.05) is 0 Å². The molecule has 2 aliphatic carbocycles. The first-order valence-electron chi connectivity index (χ1n) is 18.0. The fourth-order valence-electron chi connectivity index (χ4n) is 6.73. The minimum atomic E-state index is -5.33. The summed E-state index contributed by atoms with van der Waals surface area (Å²) >= 11 is 0. The van der Waals surface area contributed by atoms with E-state index in [9.17, 15) is 52.7 Å². The van der Waals surface area contributed by atoms with Gasteiger partial charge in [-0.15, -0.1) is 29.9 Å². The van der Waals surface area contributed by atoms with E-state index in [-0.39, 0.29) is 29.2 Å². The van der Waals surface area contributed by atoms with E-state index in [2.05, 4.69) is 0 Å². The maximum absolute atomic E-state index is 14.1. The van der Waals surface area contributed by atoms with Crippen molar-refractivity contribution in [1.82, 2.24) is 0 Å². The Morgan fingerprint density at radius 1 is 0.508 bits per heavy atom. The molecule has 0 N–H and O–H groups in total. The Bertz CT molecular complexity index is 2210. The summed E-state index contributed by atoms with van der Waals surface area (Å²) in [5.74, 6) is 0. The van der Waals surface area contributed by atoms with Gasteiger partial charge in [0.15, 0.2) is 0 Å². The summed E-state index contributed by atoms with van der Waals surface area (Å²) in [7, 11) is -4.10. The van der Waals surface area contributed by atoms with Crippen molar-refractivity contribution in [2.45, 2.75) is 37.3 Å². The van der Waals surface area contributed by atoms with Crippen LogP contribution in [0.2, 0.25) is 0 Å². The van der Waals surface area contributed by atoms with Gasteiger partial charge in [-0.3, -0.25) is 0 Å². The molecule has 0 spiro atoms. The van der Waals surface area contributed by atoms with E-state index < -0.39 is 79.1 Å². The second-order valence-corrected chi connectivity index (χ2v) is 18.2. The molecule has 5 aromatic carbocycles. The molecule has 0 radical (unpaired) electrons. The van der Waals surface area contributed by atoms with Gasteiger partial charge in [0.05, 0.1) is 22.3 Å². The normalized spacial score (nSPS) is 16.0. The van der Waals surface area contributed by atoms with Gasteiger partial charge in [-0.05, 0) is 65.5 Å². The summed E-state index contributed by atoms with van der Waals surface area (Å²) < 4.78 is 170. The predicted octanol–water partition coefficient (Wildman–Crippen LogP) is 13.6. The Hall–Kier alpha value is -4.66. The van der Waals surface area contributed by atoms with Gasteiger partial charge in [0.25, 0.3) is 0 Å². The maximum atomic E-state index is 14.1. The molecule has 0 saturated heterocycles. The molecule has 61 heavy (non-hydrogen) atoms. The van der Waals surface area contributed by atoms with Crippen molar-refractivity contribution in [2.24, 2.45) is 0 Å². The van der Waals surface area contributed by atoms with Crippen LogP contribution < -0.4 is 21.2 Å². The number of allylic oxidation sites excluding steroid dienone is 10. The first kappa shape index (κ1) is 47.4.